The highest BCUT2D eigenvalue weighted by Crippen LogP contribution is 2.34. The lowest BCUT2D eigenvalue weighted by Crippen LogP contribution is -2.45. The first-order valence-corrected chi connectivity index (χ1v) is 7.96. The zero-order valence-electron chi connectivity index (χ0n) is 13.2. The molecule has 3 heteroatoms. The van der Waals surface area contributed by atoms with Crippen LogP contribution < -0.4 is 5.32 Å². The number of hydrogen-bond donors (Lipinski definition) is 1. The number of hydrogen-bond acceptors (Lipinski definition) is 2. The Morgan fingerprint density at radius 1 is 1.42 bits per heavy atom. The van der Waals surface area contributed by atoms with Crippen molar-refractivity contribution in [2.45, 2.75) is 72.0 Å². The molecule has 2 rings (SSSR count). The van der Waals surface area contributed by atoms with Crippen molar-refractivity contribution in [2.24, 2.45) is 17.8 Å². The maximum Gasteiger partial charge on any atom is 0.243 e. The number of rotatable bonds is 4. The van der Waals surface area contributed by atoms with Crippen molar-refractivity contribution in [3.63, 3.8) is 0 Å². The van der Waals surface area contributed by atoms with Crippen LogP contribution in [0.3, 0.4) is 0 Å². The van der Waals surface area contributed by atoms with Crippen LogP contribution in [0.1, 0.15) is 60.3 Å². The molecule has 4 atom stereocenters. The molecular formula is C16H30N2O. The van der Waals surface area contributed by atoms with Gasteiger partial charge in [0.1, 0.15) is 0 Å². The zero-order chi connectivity index (χ0) is 14.2. The van der Waals surface area contributed by atoms with E-state index in [1.807, 2.05) is 0 Å². The molecule has 0 bridgehead atoms. The van der Waals surface area contributed by atoms with Gasteiger partial charge in [-0.2, -0.15) is 0 Å². The second-order valence-corrected chi connectivity index (χ2v) is 7.26. The average molecular weight is 266 g/mol. The van der Waals surface area contributed by atoms with Crippen LogP contribution in [0.25, 0.3) is 0 Å². The van der Waals surface area contributed by atoms with E-state index in [0.717, 1.165) is 18.9 Å². The minimum atomic E-state index is -0.348. The van der Waals surface area contributed by atoms with E-state index < -0.39 is 0 Å². The standard InChI is InChI=1S/C16H30N2O/c1-6-16(5)15(19)18(14(17-16)11(2)3)10-13-8-7-12(4)9-13/h11-14,17H,6-10H2,1-5H3. The van der Waals surface area contributed by atoms with Crippen LogP contribution >= 0.6 is 0 Å². The van der Waals surface area contributed by atoms with Crippen LogP contribution in [0.4, 0.5) is 0 Å². The Morgan fingerprint density at radius 3 is 2.58 bits per heavy atom. The van der Waals surface area contributed by atoms with Gasteiger partial charge in [-0.1, -0.05) is 34.1 Å². The minimum Gasteiger partial charge on any atom is -0.325 e. The third-order valence-electron chi connectivity index (χ3n) is 5.13. The van der Waals surface area contributed by atoms with Crippen LogP contribution in [0.2, 0.25) is 0 Å². The fourth-order valence-electron chi connectivity index (χ4n) is 3.65. The van der Waals surface area contributed by atoms with Crippen molar-refractivity contribution in [2.75, 3.05) is 6.54 Å². The topological polar surface area (TPSA) is 32.3 Å². The van der Waals surface area contributed by atoms with E-state index in [1.54, 1.807) is 0 Å². The molecular weight excluding hydrogens is 236 g/mol. The summed E-state index contributed by atoms with van der Waals surface area (Å²) < 4.78 is 0. The Kier molecular flexibility index (Phi) is 4.24. The molecule has 1 aliphatic carbocycles. The molecule has 0 aromatic heterocycles. The third kappa shape index (κ3) is 2.81. The van der Waals surface area contributed by atoms with Crippen LogP contribution in [0.5, 0.6) is 0 Å². The summed E-state index contributed by atoms with van der Waals surface area (Å²) in [7, 11) is 0. The van der Waals surface area contributed by atoms with E-state index >= 15 is 0 Å². The minimum absolute atomic E-state index is 0.216. The quantitative estimate of drug-likeness (QED) is 0.848. The summed E-state index contributed by atoms with van der Waals surface area (Å²) in [5.41, 5.74) is -0.348. The van der Waals surface area contributed by atoms with Crippen molar-refractivity contribution >= 4 is 5.91 Å². The van der Waals surface area contributed by atoms with E-state index in [-0.39, 0.29) is 11.7 Å². The lowest BCUT2D eigenvalue weighted by molar-refractivity contribution is -0.134. The second kappa shape index (κ2) is 5.43. The largest absolute Gasteiger partial charge is 0.325 e. The summed E-state index contributed by atoms with van der Waals surface area (Å²) in [4.78, 5) is 14.8. The van der Waals surface area contributed by atoms with Crippen molar-refractivity contribution in [3.8, 4) is 0 Å². The van der Waals surface area contributed by atoms with Gasteiger partial charge in [0.2, 0.25) is 5.91 Å². The molecule has 1 amide bonds. The molecule has 1 saturated carbocycles. The number of carbonyl (C=O) groups is 1. The summed E-state index contributed by atoms with van der Waals surface area (Å²) >= 11 is 0. The summed E-state index contributed by atoms with van der Waals surface area (Å²) in [5, 5.41) is 3.58. The van der Waals surface area contributed by atoms with E-state index in [4.69, 9.17) is 0 Å². The summed E-state index contributed by atoms with van der Waals surface area (Å²) in [6.45, 7) is 11.9. The summed E-state index contributed by atoms with van der Waals surface area (Å²) in [5.74, 6) is 2.33. The van der Waals surface area contributed by atoms with Crippen molar-refractivity contribution in [1.29, 1.82) is 0 Å². The Hall–Kier alpha value is -0.570. The second-order valence-electron chi connectivity index (χ2n) is 7.26. The highest BCUT2D eigenvalue weighted by molar-refractivity contribution is 5.88. The van der Waals surface area contributed by atoms with Gasteiger partial charge in [-0.25, -0.2) is 0 Å². The highest BCUT2D eigenvalue weighted by Gasteiger charge is 2.48. The van der Waals surface area contributed by atoms with Crippen LogP contribution in [-0.4, -0.2) is 29.1 Å². The fourth-order valence-corrected chi connectivity index (χ4v) is 3.65. The van der Waals surface area contributed by atoms with Gasteiger partial charge in [0.15, 0.2) is 0 Å². The number of carbonyl (C=O) groups excluding carboxylic acids is 1. The van der Waals surface area contributed by atoms with Crippen molar-refractivity contribution < 1.29 is 4.79 Å². The van der Waals surface area contributed by atoms with Gasteiger partial charge in [0, 0.05) is 6.54 Å². The van der Waals surface area contributed by atoms with Gasteiger partial charge < -0.3 is 4.90 Å². The molecule has 1 N–H and O–H groups in total. The first-order valence-electron chi connectivity index (χ1n) is 7.96. The van der Waals surface area contributed by atoms with Crippen LogP contribution in [-0.2, 0) is 4.79 Å². The first-order chi connectivity index (χ1) is 8.87. The Labute approximate surface area is 118 Å². The number of amides is 1. The Morgan fingerprint density at radius 2 is 2.11 bits per heavy atom. The fraction of sp³-hybridized carbons (Fsp3) is 0.938. The normalized spacial score (nSPS) is 39.6. The van der Waals surface area contributed by atoms with E-state index in [2.05, 4.69) is 44.8 Å². The molecule has 0 spiro atoms. The molecule has 1 saturated heterocycles. The molecule has 0 radical (unpaired) electrons. The molecule has 4 unspecified atom stereocenters. The smallest absolute Gasteiger partial charge is 0.243 e. The lowest BCUT2D eigenvalue weighted by atomic mass is 9.99. The first kappa shape index (κ1) is 14.8. The predicted molar refractivity (Wildman–Crippen MR) is 78.7 cm³/mol. The van der Waals surface area contributed by atoms with Gasteiger partial charge in [-0.3, -0.25) is 10.1 Å². The number of nitrogens with one attached hydrogen (secondary N) is 1. The molecule has 1 heterocycles. The molecule has 0 aromatic carbocycles. The molecule has 19 heavy (non-hydrogen) atoms. The Balaban J connectivity index is 2.09. The van der Waals surface area contributed by atoms with Crippen LogP contribution in [0.15, 0.2) is 0 Å². The Bertz CT molecular complexity index is 342. The highest BCUT2D eigenvalue weighted by atomic mass is 16.2. The molecule has 3 nitrogen and oxygen atoms in total. The number of nitrogens with zero attached hydrogens (tertiary/aromatic N) is 1. The van der Waals surface area contributed by atoms with Gasteiger partial charge in [-0.05, 0) is 43.9 Å². The van der Waals surface area contributed by atoms with Gasteiger partial charge in [0.05, 0.1) is 11.7 Å². The molecule has 1 aliphatic heterocycles. The average Bonchev–Trinajstić information content (AvgIpc) is 2.87. The van der Waals surface area contributed by atoms with E-state index in [1.165, 1.54) is 19.3 Å². The predicted octanol–water partition coefficient (Wildman–Crippen LogP) is 3.01. The van der Waals surface area contributed by atoms with Gasteiger partial charge in [0.25, 0.3) is 0 Å². The molecule has 0 aromatic rings. The molecule has 2 aliphatic rings. The lowest BCUT2D eigenvalue weighted by Gasteiger charge is -2.29. The third-order valence-corrected chi connectivity index (χ3v) is 5.13. The van der Waals surface area contributed by atoms with E-state index in [9.17, 15) is 4.79 Å². The molecule has 110 valence electrons. The van der Waals surface area contributed by atoms with E-state index in [0.29, 0.717) is 17.7 Å². The summed E-state index contributed by atoms with van der Waals surface area (Å²) in [6, 6.07) is 0. The van der Waals surface area contributed by atoms with Crippen molar-refractivity contribution in [1.82, 2.24) is 10.2 Å². The maximum absolute atomic E-state index is 12.7. The van der Waals surface area contributed by atoms with Crippen molar-refractivity contribution in [3.05, 3.63) is 0 Å². The molecule has 2 fully saturated rings. The van der Waals surface area contributed by atoms with Gasteiger partial charge >= 0.3 is 0 Å². The van der Waals surface area contributed by atoms with Crippen LogP contribution in [0, 0.1) is 17.8 Å². The summed E-state index contributed by atoms with van der Waals surface area (Å²) in [6.07, 6.45) is 4.99. The van der Waals surface area contributed by atoms with Gasteiger partial charge in [-0.15, -0.1) is 0 Å². The maximum atomic E-state index is 12.7. The SMILES string of the molecule is CCC1(C)NC(C(C)C)N(CC2CCC(C)C2)C1=O. The zero-order valence-corrected chi connectivity index (χ0v) is 13.2. The monoisotopic (exact) mass is 266 g/mol.